The number of aromatic nitrogens is 6. The van der Waals surface area contributed by atoms with Crippen LogP contribution in [0, 0.1) is 0 Å². The maximum Gasteiger partial charge on any atom is 0.231 e. The molecule has 1 fully saturated rings. The summed E-state index contributed by atoms with van der Waals surface area (Å²) in [5.74, 6) is 1.82. The Bertz CT molecular complexity index is 2320. The van der Waals surface area contributed by atoms with E-state index in [2.05, 4.69) is 86.1 Å². The molecule has 11 nitrogen and oxygen atoms in total. The SMILES string of the molecule is COc1cc(N2CCN(C)CC2)c(-c2cnc3ccccc3c2)cc1Nc1nc(Nc2ccc3nccnc3c2P(C)C)c2cc[nH]c2n1. The molecular formula is C37H37N10OP. The molecule has 12 heteroatoms. The molecule has 7 aromatic rings. The number of piperazine rings is 1. The molecule has 8 rings (SSSR count). The molecule has 0 unspecified atom stereocenters. The van der Waals surface area contributed by atoms with Crippen molar-refractivity contribution in [1.29, 1.82) is 0 Å². The van der Waals surface area contributed by atoms with E-state index in [1.165, 1.54) is 0 Å². The van der Waals surface area contributed by atoms with Crippen LogP contribution in [0.3, 0.4) is 0 Å². The Kier molecular flexibility index (Phi) is 8.15. The minimum absolute atomic E-state index is 0.433. The molecule has 0 radical (unpaired) electrons. The molecule has 0 saturated carbocycles. The van der Waals surface area contributed by atoms with Crippen LogP contribution in [0.25, 0.3) is 44.1 Å². The first-order chi connectivity index (χ1) is 23.9. The van der Waals surface area contributed by atoms with Gasteiger partial charge in [0.2, 0.25) is 5.95 Å². The fraction of sp³-hybridized carbons (Fsp3) is 0.216. The first-order valence-electron chi connectivity index (χ1n) is 16.3. The highest BCUT2D eigenvalue weighted by molar-refractivity contribution is 7.65. The van der Waals surface area contributed by atoms with E-state index in [4.69, 9.17) is 19.7 Å². The Hall–Kier alpha value is -5.38. The number of fused-ring (bicyclic) bond motifs is 3. The predicted molar refractivity (Wildman–Crippen MR) is 202 cm³/mol. The quantitative estimate of drug-likeness (QED) is 0.150. The standard InChI is InChI=1S/C37H37N10OP/c1-46-15-17-47(18-16-46)31-21-32(48-2)30(20-26(31)24-19-23-7-5-6-8-27(23)41-22-24)43-37-44-35-25(11-12-40-35)36(45-37)42-29-10-9-28-33(34(29)49(3)4)39-14-13-38-28/h5-14,19-22H,15-18H2,1-4H3,(H3,40,42,43,44,45). The van der Waals surface area contributed by atoms with Crippen LogP contribution in [0.1, 0.15) is 0 Å². The van der Waals surface area contributed by atoms with Crippen LogP contribution in [0.5, 0.6) is 5.75 Å². The molecule has 3 N–H and O–H groups in total. The zero-order valence-electron chi connectivity index (χ0n) is 27.9. The first kappa shape index (κ1) is 30.9. The third-order valence-corrected chi connectivity index (χ3v) is 10.4. The lowest BCUT2D eigenvalue weighted by molar-refractivity contribution is 0.313. The van der Waals surface area contributed by atoms with Crippen molar-refractivity contribution in [2.75, 3.05) is 69.2 Å². The maximum atomic E-state index is 6.01. The smallest absolute Gasteiger partial charge is 0.231 e. The Labute approximate surface area is 285 Å². The van der Waals surface area contributed by atoms with Crippen LogP contribution >= 0.6 is 7.92 Å². The molecule has 246 valence electrons. The summed E-state index contributed by atoms with van der Waals surface area (Å²) in [7, 11) is 3.36. The van der Waals surface area contributed by atoms with Gasteiger partial charge in [-0.25, -0.2) is 0 Å². The largest absolute Gasteiger partial charge is 0.494 e. The highest BCUT2D eigenvalue weighted by Gasteiger charge is 2.22. The van der Waals surface area contributed by atoms with E-state index in [1.807, 2.05) is 42.7 Å². The van der Waals surface area contributed by atoms with Crippen LogP contribution in [0.15, 0.2) is 85.5 Å². The van der Waals surface area contributed by atoms with Crippen molar-refractivity contribution in [3.05, 3.63) is 85.5 Å². The summed E-state index contributed by atoms with van der Waals surface area (Å²) < 4.78 is 6.01. The van der Waals surface area contributed by atoms with Crippen molar-refractivity contribution < 1.29 is 4.74 Å². The number of anilines is 5. The molecule has 0 bridgehead atoms. The Morgan fingerprint density at radius 1 is 0.837 bits per heavy atom. The molecule has 1 aliphatic heterocycles. The molecule has 1 saturated heterocycles. The highest BCUT2D eigenvalue weighted by Crippen LogP contribution is 2.42. The first-order valence-corrected chi connectivity index (χ1v) is 18.5. The average molecular weight is 669 g/mol. The molecule has 49 heavy (non-hydrogen) atoms. The summed E-state index contributed by atoms with van der Waals surface area (Å²) >= 11 is 0. The van der Waals surface area contributed by atoms with Gasteiger partial charge in [0, 0.05) is 90.2 Å². The van der Waals surface area contributed by atoms with E-state index in [9.17, 15) is 0 Å². The van der Waals surface area contributed by atoms with Crippen LogP contribution in [0.2, 0.25) is 0 Å². The van der Waals surface area contributed by atoms with Crippen LogP contribution in [-0.4, -0.2) is 88.5 Å². The summed E-state index contributed by atoms with van der Waals surface area (Å²) in [6.45, 7) is 8.26. The molecule has 5 heterocycles. The van der Waals surface area contributed by atoms with Crippen LogP contribution in [0.4, 0.5) is 28.8 Å². The number of methoxy groups -OCH3 is 1. The summed E-state index contributed by atoms with van der Waals surface area (Å²) in [5, 5.41) is 10.3. The summed E-state index contributed by atoms with van der Waals surface area (Å²) in [6.07, 6.45) is 7.31. The van der Waals surface area contributed by atoms with Crippen molar-refractivity contribution >= 4 is 75.0 Å². The fourth-order valence-electron chi connectivity index (χ4n) is 6.51. The molecule has 0 amide bonds. The van der Waals surface area contributed by atoms with Gasteiger partial charge in [0.15, 0.2) is 0 Å². The number of hydrogen-bond donors (Lipinski definition) is 3. The minimum atomic E-state index is -0.507. The third-order valence-electron chi connectivity index (χ3n) is 9.04. The summed E-state index contributed by atoms with van der Waals surface area (Å²) in [4.78, 5) is 32.0. The van der Waals surface area contributed by atoms with E-state index >= 15 is 0 Å². The van der Waals surface area contributed by atoms with Crippen molar-refractivity contribution in [2.24, 2.45) is 0 Å². The van der Waals surface area contributed by atoms with Crippen molar-refractivity contribution in [3.8, 4) is 16.9 Å². The Morgan fingerprint density at radius 3 is 2.51 bits per heavy atom. The fourth-order valence-corrected chi connectivity index (χ4v) is 7.72. The molecule has 4 aromatic heterocycles. The molecular weight excluding hydrogens is 631 g/mol. The number of H-pyrrole nitrogens is 1. The van der Waals surface area contributed by atoms with E-state index in [1.54, 1.807) is 19.5 Å². The summed E-state index contributed by atoms with van der Waals surface area (Å²) in [5.41, 5.74) is 8.37. The van der Waals surface area contributed by atoms with Gasteiger partial charge in [-0.05, 0) is 56.8 Å². The van der Waals surface area contributed by atoms with Gasteiger partial charge in [-0.15, -0.1) is 0 Å². The van der Waals surface area contributed by atoms with Gasteiger partial charge >= 0.3 is 0 Å². The van der Waals surface area contributed by atoms with E-state index in [0.29, 0.717) is 23.2 Å². The van der Waals surface area contributed by atoms with Crippen LogP contribution < -0.4 is 25.6 Å². The number of para-hydroxylation sites is 1. The van der Waals surface area contributed by atoms with E-state index < -0.39 is 7.92 Å². The third kappa shape index (κ3) is 5.96. The second-order valence-corrected chi connectivity index (χ2v) is 14.7. The maximum absolute atomic E-state index is 6.01. The predicted octanol–water partition coefficient (Wildman–Crippen LogP) is 6.73. The van der Waals surface area contributed by atoms with Gasteiger partial charge in [0.25, 0.3) is 0 Å². The van der Waals surface area contributed by atoms with Gasteiger partial charge in [0.05, 0.1) is 34.7 Å². The number of likely N-dealkylation sites (N-methyl/N-ethyl adjacent to an activating group) is 1. The minimum Gasteiger partial charge on any atom is -0.494 e. The van der Waals surface area contributed by atoms with Crippen molar-refractivity contribution in [1.82, 2.24) is 34.8 Å². The zero-order valence-corrected chi connectivity index (χ0v) is 28.8. The number of rotatable bonds is 8. The van der Waals surface area contributed by atoms with Gasteiger partial charge < -0.3 is 30.2 Å². The number of pyridine rings is 1. The number of hydrogen-bond acceptors (Lipinski definition) is 10. The lowest BCUT2D eigenvalue weighted by Gasteiger charge is -2.35. The second-order valence-electron chi connectivity index (χ2n) is 12.4. The van der Waals surface area contributed by atoms with E-state index in [0.717, 1.165) is 87.0 Å². The lowest BCUT2D eigenvalue weighted by Crippen LogP contribution is -2.44. The van der Waals surface area contributed by atoms with Gasteiger partial charge in [-0.3, -0.25) is 15.0 Å². The number of aromatic amines is 1. The van der Waals surface area contributed by atoms with Gasteiger partial charge in [0.1, 0.15) is 17.2 Å². The van der Waals surface area contributed by atoms with Crippen molar-refractivity contribution in [3.63, 3.8) is 0 Å². The second kappa shape index (κ2) is 12.9. The average Bonchev–Trinajstić information content (AvgIpc) is 3.60. The normalized spacial score (nSPS) is 13.9. The molecule has 3 aromatic carbocycles. The van der Waals surface area contributed by atoms with E-state index in [-0.39, 0.29) is 0 Å². The number of benzene rings is 3. The zero-order chi connectivity index (χ0) is 33.5. The molecule has 0 atom stereocenters. The van der Waals surface area contributed by atoms with Crippen molar-refractivity contribution in [2.45, 2.75) is 0 Å². The summed E-state index contributed by atoms with van der Waals surface area (Å²) in [6, 6.07) is 20.7. The van der Waals surface area contributed by atoms with Gasteiger partial charge in [-0.2, -0.15) is 9.97 Å². The molecule has 0 aliphatic carbocycles. The monoisotopic (exact) mass is 668 g/mol. The van der Waals surface area contributed by atoms with Gasteiger partial charge in [-0.1, -0.05) is 26.1 Å². The Morgan fingerprint density at radius 2 is 1.67 bits per heavy atom. The number of ether oxygens (including phenoxy) is 1. The number of nitrogens with zero attached hydrogens (tertiary/aromatic N) is 7. The van der Waals surface area contributed by atoms with Crippen LogP contribution in [-0.2, 0) is 0 Å². The molecule has 0 spiro atoms. The molecule has 1 aliphatic rings. The topological polar surface area (TPSA) is 120 Å². The highest BCUT2D eigenvalue weighted by atomic mass is 31.1. The lowest BCUT2D eigenvalue weighted by atomic mass is 10.0. The Balaban J connectivity index is 1.22. The number of nitrogens with one attached hydrogen (secondary N) is 3.